The van der Waals surface area contributed by atoms with Gasteiger partial charge in [0, 0.05) is 5.02 Å². The fourth-order valence-corrected chi connectivity index (χ4v) is 3.47. The fraction of sp³-hybridized carbons (Fsp3) is 0. The summed E-state index contributed by atoms with van der Waals surface area (Å²) in [6, 6.07) is 13.8. The van der Waals surface area contributed by atoms with Gasteiger partial charge in [-0.05, 0) is 30.3 Å². The Labute approximate surface area is 110 Å². The smallest absolute Gasteiger partial charge is 0.264 e. The van der Waals surface area contributed by atoms with Crippen LogP contribution >= 0.6 is 11.6 Å². The monoisotopic (exact) mass is 280 g/mol. The zero-order chi connectivity index (χ0) is 12.8. The Balaban J connectivity index is 2.22. The summed E-state index contributed by atoms with van der Waals surface area (Å²) < 4.78 is 27.9. The highest BCUT2D eigenvalue weighted by atomic mass is 35.5. The third-order valence-electron chi connectivity index (χ3n) is 2.64. The molecule has 0 atom stereocenters. The summed E-state index contributed by atoms with van der Waals surface area (Å²) in [5.41, 5.74) is 1.68. The molecule has 0 spiro atoms. The Morgan fingerprint density at radius 2 is 1.83 bits per heavy atom. The standard InChI is InChI=1S/C12H9ClN2O2S/c13-9-4-3-5-10(8-9)15-12-7-2-1-6-11(12)14-18(15,16)17/h1-8,14H. The van der Waals surface area contributed by atoms with E-state index in [1.54, 1.807) is 48.5 Å². The lowest BCUT2D eigenvalue weighted by atomic mass is 10.2. The number of anilines is 3. The van der Waals surface area contributed by atoms with E-state index in [4.69, 9.17) is 11.6 Å². The third kappa shape index (κ3) is 1.72. The van der Waals surface area contributed by atoms with Gasteiger partial charge < -0.3 is 0 Å². The van der Waals surface area contributed by atoms with Crippen LogP contribution in [0.25, 0.3) is 0 Å². The summed E-state index contributed by atoms with van der Waals surface area (Å²) in [4.78, 5) is 0. The van der Waals surface area contributed by atoms with Crippen molar-refractivity contribution < 1.29 is 8.42 Å². The van der Waals surface area contributed by atoms with E-state index in [9.17, 15) is 8.42 Å². The van der Waals surface area contributed by atoms with E-state index in [0.717, 1.165) is 0 Å². The van der Waals surface area contributed by atoms with Crippen molar-refractivity contribution in [3.8, 4) is 0 Å². The largest absolute Gasteiger partial charge is 0.328 e. The van der Waals surface area contributed by atoms with E-state index < -0.39 is 10.2 Å². The van der Waals surface area contributed by atoms with Crippen molar-refractivity contribution in [1.82, 2.24) is 0 Å². The Hall–Kier alpha value is -1.72. The van der Waals surface area contributed by atoms with Gasteiger partial charge in [-0.2, -0.15) is 8.42 Å². The first-order valence-electron chi connectivity index (χ1n) is 5.25. The quantitative estimate of drug-likeness (QED) is 0.872. The van der Waals surface area contributed by atoms with Crippen molar-refractivity contribution >= 4 is 38.9 Å². The third-order valence-corrected chi connectivity index (χ3v) is 4.25. The first-order chi connectivity index (χ1) is 8.58. The van der Waals surface area contributed by atoms with Gasteiger partial charge in [-0.15, -0.1) is 0 Å². The Kier molecular flexibility index (Phi) is 2.46. The summed E-state index contributed by atoms with van der Waals surface area (Å²) >= 11 is 5.90. The van der Waals surface area contributed by atoms with Crippen molar-refractivity contribution in [3.63, 3.8) is 0 Å². The Morgan fingerprint density at radius 1 is 1.06 bits per heavy atom. The number of para-hydroxylation sites is 2. The minimum absolute atomic E-state index is 0.493. The van der Waals surface area contributed by atoms with Gasteiger partial charge in [-0.25, -0.2) is 4.31 Å². The average molecular weight is 281 g/mol. The zero-order valence-electron chi connectivity index (χ0n) is 9.17. The molecule has 0 unspecified atom stereocenters. The summed E-state index contributed by atoms with van der Waals surface area (Å²) in [6.07, 6.45) is 0. The molecule has 0 saturated carbocycles. The van der Waals surface area contributed by atoms with Gasteiger partial charge in [-0.3, -0.25) is 4.72 Å². The fourth-order valence-electron chi connectivity index (χ4n) is 1.93. The molecule has 0 saturated heterocycles. The normalized spacial score (nSPS) is 16.2. The van der Waals surface area contributed by atoms with E-state index in [2.05, 4.69) is 4.72 Å². The van der Waals surface area contributed by atoms with Crippen LogP contribution in [0.3, 0.4) is 0 Å². The molecule has 0 fully saturated rings. The number of hydrogen-bond donors (Lipinski definition) is 1. The van der Waals surface area contributed by atoms with E-state index in [1.165, 1.54) is 4.31 Å². The van der Waals surface area contributed by atoms with Crippen LogP contribution in [0.4, 0.5) is 17.1 Å². The summed E-state index contributed by atoms with van der Waals surface area (Å²) in [6.45, 7) is 0. The summed E-state index contributed by atoms with van der Waals surface area (Å²) in [5.74, 6) is 0. The first kappa shape index (κ1) is 11.4. The number of benzene rings is 2. The number of rotatable bonds is 1. The lowest BCUT2D eigenvalue weighted by Gasteiger charge is -2.16. The molecule has 0 aromatic heterocycles. The molecule has 2 aromatic carbocycles. The Morgan fingerprint density at radius 3 is 2.61 bits per heavy atom. The van der Waals surface area contributed by atoms with Crippen molar-refractivity contribution in [3.05, 3.63) is 53.6 Å². The van der Waals surface area contributed by atoms with Crippen LogP contribution in [0.1, 0.15) is 0 Å². The highest BCUT2D eigenvalue weighted by Crippen LogP contribution is 2.41. The molecular weight excluding hydrogens is 272 g/mol. The van der Waals surface area contributed by atoms with Gasteiger partial charge in [0.15, 0.2) is 0 Å². The van der Waals surface area contributed by atoms with Crippen molar-refractivity contribution in [2.24, 2.45) is 0 Å². The molecule has 0 radical (unpaired) electrons. The second kappa shape index (κ2) is 3.90. The molecule has 1 aliphatic rings. The van der Waals surface area contributed by atoms with Crippen LogP contribution in [0, 0.1) is 0 Å². The molecule has 92 valence electrons. The van der Waals surface area contributed by atoms with Crippen LogP contribution in [0.15, 0.2) is 48.5 Å². The van der Waals surface area contributed by atoms with Gasteiger partial charge in [-0.1, -0.05) is 29.8 Å². The van der Waals surface area contributed by atoms with Gasteiger partial charge in [0.25, 0.3) is 0 Å². The number of nitrogens with one attached hydrogen (secondary N) is 1. The van der Waals surface area contributed by atoms with E-state index in [0.29, 0.717) is 22.1 Å². The predicted molar refractivity (Wildman–Crippen MR) is 72.6 cm³/mol. The van der Waals surface area contributed by atoms with Crippen molar-refractivity contribution in [2.75, 3.05) is 9.03 Å². The van der Waals surface area contributed by atoms with Crippen molar-refractivity contribution in [2.45, 2.75) is 0 Å². The number of halogens is 1. The maximum atomic E-state index is 12.1. The van der Waals surface area contributed by atoms with E-state index in [1.807, 2.05) is 0 Å². The van der Waals surface area contributed by atoms with Crippen LogP contribution in [-0.2, 0) is 10.2 Å². The average Bonchev–Trinajstić information content (AvgIpc) is 2.58. The molecule has 1 aliphatic heterocycles. The van der Waals surface area contributed by atoms with Gasteiger partial charge in [0.05, 0.1) is 17.1 Å². The molecule has 18 heavy (non-hydrogen) atoms. The molecule has 1 heterocycles. The number of nitrogens with zero attached hydrogens (tertiary/aromatic N) is 1. The lowest BCUT2D eigenvalue weighted by molar-refractivity contribution is 0.603. The summed E-state index contributed by atoms with van der Waals surface area (Å²) in [5, 5.41) is 0.493. The molecule has 1 N–H and O–H groups in total. The maximum absolute atomic E-state index is 12.1. The van der Waals surface area contributed by atoms with Crippen LogP contribution in [-0.4, -0.2) is 8.42 Å². The van der Waals surface area contributed by atoms with E-state index >= 15 is 0 Å². The van der Waals surface area contributed by atoms with Crippen LogP contribution < -0.4 is 9.03 Å². The second-order valence-electron chi connectivity index (χ2n) is 3.87. The van der Waals surface area contributed by atoms with Crippen molar-refractivity contribution in [1.29, 1.82) is 0 Å². The predicted octanol–water partition coefficient (Wildman–Crippen LogP) is 3.15. The van der Waals surface area contributed by atoms with Gasteiger partial charge >= 0.3 is 10.2 Å². The molecule has 0 aliphatic carbocycles. The molecule has 2 aromatic rings. The SMILES string of the molecule is O=S1(=O)Nc2ccccc2N1c1cccc(Cl)c1. The highest BCUT2D eigenvalue weighted by molar-refractivity contribution is 7.95. The zero-order valence-corrected chi connectivity index (χ0v) is 10.7. The molecular formula is C12H9ClN2O2S. The molecule has 3 rings (SSSR count). The number of hydrogen-bond acceptors (Lipinski definition) is 2. The second-order valence-corrected chi connectivity index (χ2v) is 5.82. The lowest BCUT2D eigenvalue weighted by Crippen LogP contribution is -2.25. The molecule has 0 amide bonds. The molecule has 6 heteroatoms. The van der Waals surface area contributed by atoms with Crippen LogP contribution in [0.2, 0.25) is 5.02 Å². The maximum Gasteiger partial charge on any atom is 0.328 e. The number of fused-ring (bicyclic) bond motifs is 1. The van der Waals surface area contributed by atoms with Gasteiger partial charge in [0.1, 0.15) is 0 Å². The van der Waals surface area contributed by atoms with E-state index in [-0.39, 0.29) is 0 Å². The molecule has 4 nitrogen and oxygen atoms in total. The van der Waals surface area contributed by atoms with Gasteiger partial charge in [0.2, 0.25) is 0 Å². The first-order valence-corrected chi connectivity index (χ1v) is 7.07. The minimum Gasteiger partial charge on any atom is -0.264 e. The highest BCUT2D eigenvalue weighted by Gasteiger charge is 2.33. The van der Waals surface area contributed by atoms with Crippen LogP contribution in [0.5, 0.6) is 0 Å². The molecule has 0 bridgehead atoms. The topological polar surface area (TPSA) is 49.4 Å². The summed E-state index contributed by atoms with van der Waals surface area (Å²) in [7, 11) is -3.59. The Bertz CT molecular complexity index is 716. The minimum atomic E-state index is -3.59.